The maximum atomic E-state index is 14.9. The summed E-state index contributed by atoms with van der Waals surface area (Å²) in [5.74, 6) is -0.466. The number of nitrogens with one attached hydrogen (secondary N) is 3. The summed E-state index contributed by atoms with van der Waals surface area (Å²) < 4.78 is 40.2. The number of aromatic nitrogens is 4. The van der Waals surface area contributed by atoms with Crippen LogP contribution in [0.1, 0.15) is 45.0 Å². The monoisotopic (exact) mass is 656 g/mol. The Hall–Kier alpha value is -5.30. The van der Waals surface area contributed by atoms with Crippen molar-refractivity contribution < 1.29 is 23.0 Å². The van der Waals surface area contributed by atoms with Crippen molar-refractivity contribution >= 4 is 40.3 Å². The van der Waals surface area contributed by atoms with Gasteiger partial charge in [0.2, 0.25) is 0 Å². The zero-order valence-corrected chi connectivity index (χ0v) is 27.3. The zero-order chi connectivity index (χ0) is 34.0. The molecule has 3 aromatic heterocycles. The maximum Gasteiger partial charge on any atom is 0.250 e. The molecule has 11 nitrogen and oxygen atoms in total. The molecule has 0 atom stereocenters. The van der Waals surface area contributed by atoms with Crippen molar-refractivity contribution in [3.63, 3.8) is 0 Å². The van der Waals surface area contributed by atoms with Gasteiger partial charge in [0, 0.05) is 67.5 Å². The lowest BCUT2D eigenvalue weighted by Crippen LogP contribution is -2.21. The van der Waals surface area contributed by atoms with Crippen LogP contribution in [0.25, 0.3) is 0 Å². The second kappa shape index (κ2) is 16.0. The molecule has 0 unspecified atom stereocenters. The van der Waals surface area contributed by atoms with Crippen molar-refractivity contribution in [1.82, 2.24) is 19.9 Å². The number of hydrogen-bond acceptors (Lipinski definition) is 10. The highest BCUT2D eigenvalue weighted by molar-refractivity contribution is 6.11. The fraction of sp³-hybridized carbons (Fsp3) is 0.314. The summed E-state index contributed by atoms with van der Waals surface area (Å²) >= 11 is 0. The second-order valence-corrected chi connectivity index (χ2v) is 11.2. The topological polar surface area (TPSA) is 136 Å². The number of carbonyl (C=O) groups excluding carboxylic acids is 1. The summed E-state index contributed by atoms with van der Waals surface area (Å²) in [5, 5.41) is 9.42. The lowest BCUT2D eigenvalue weighted by atomic mass is 10.0. The van der Waals surface area contributed by atoms with E-state index < -0.39 is 17.5 Å². The molecule has 0 saturated heterocycles. The molecule has 5 rings (SSSR count). The van der Waals surface area contributed by atoms with E-state index in [1.807, 2.05) is 6.92 Å². The second-order valence-electron chi connectivity index (χ2n) is 11.2. The van der Waals surface area contributed by atoms with E-state index in [0.29, 0.717) is 29.6 Å². The molecule has 4 aromatic rings. The molecule has 1 amide bonds. The van der Waals surface area contributed by atoms with Crippen molar-refractivity contribution in [3.05, 3.63) is 95.4 Å². The Morgan fingerprint density at radius 2 is 1.50 bits per heavy atom. The summed E-state index contributed by atoms with van der Waals surface area (Å²) in [4.78, 5) is 35.6. The summed E-state index contributed by atoms with van der Waals surface area (Å²) in [5.41, 5.74) is 3.98. The van der Waals surface area contributed by atoms with E-state index in [-0.39, 0.29) is 54.0 Å². The van der Waals surface area contributed by atoms with Crippen molar-refractivity contribution in [3.8, 4) is 5.75 Å². The average Bonchev–Trinajstić information content (AvgIpc) is 3.92. The number of nitrogens with zero attached hydrogens (tertiary/aromatic N) is 5. The van der Waals surface area contributed by atoms with Gasteiger partial charge in [-0.25, -0.2) is 18.7 Å². The number of amides is 1. The Balaban J connectivity index is 1.63. The third kappa shape index (κ3) is 8.73. The van der Waals surface area contributed by atoms with Gasteiger partial charge in [-0.2, -0.15) is 0 Å². The molecular weight excluding hydrogens is 618 g/mol. The van der Waals surface area contributed by atoms with E-state index in [1.54, 1.807) is 56.0 Å². The van der Waals surface area contributed by atoms with Crippen molar-refractivity contribution in [2.75, 3.05) is 42.8 Å². The molecule has 48 heavy (non-hydrogen) atoms. The van der Waals surface area contributed by atoms with Crippen molar-refractivity contribution in [2.45, 2.75) is 40.0 Å². The molecule has 1 fully saturated rings. The summed E-state index contributed by atoms with van der Waals surface area (Å²) in [6.45, 7) is 5.91. The minimum absolute atomic E-state index is 0.00126. The van der Waals surface area contributed by atoms with Crippen LogP contribution in [-0.2, 0) is 16.0 Å². The van der Waals surface area contributed by atoms with Crippen LogP contribution in [0.3, 0.4) is 0 Å². The third-order valence-corrected chi connectivity index (χ3v) is 7.74. The Labute approximate surface area is 278 Å². The molecule has 0 aliphatic heterocycles. The van der Waals surface area contributed by atoms with Crippen LogP contribution in [0.2, 0.25) is 0 Å². The number of methoxy groups -OCH3 is 1. The number of rotatable bonds is 15. The van der Waals surface area contributed by atoms with Gasteiger partial charge in [-0.15, -0.1) is 0 Å². The van der Waals surface area contributed by atoms with Crippen molar-refractivity contribution in [1.29, 1.82) is 0 Å². The first kappa shape index (κ1) is 34.0. The molecule has 13 heteroatoms. The van der Waals surface area contributed by atoms with Gasteiger partial charge in [-0.1, -0.05) is 5.57 Å². The van der Waals surface area contributed by atoms with E-state index >= 15 is 0 Å². The van der Waals surface area contributed by atoms with Gasteiger partial charge in [0.15, 0.2) is 17.5 Å². The predicted molar refractivity (Wildman–Crippen MR) is 181 cm³/mol. The number of benzene rings is 1. The highest BCUT2D eigenvalue weighted by Crippen LogP contribution is 2.39. The van der Waals surface area contributed by atoms with Gasteiger partial charge in [-0.3, -0.25) is 19.8 Å². The Bertz CT molecular complexity index is 1710. The van der Waals surface area contributed by atoms with Gasteiger partial charge in [0.05, 0.1) is 6.61 Å². The van der Waals surface area contributed by atoms with E-state index in [9.17, 15) is 13.6 Å². The Morgan fingerprint density at radius 3 is 2.00 bits per heavy atom. The van der Waals surface area contributed by atoms with Crippen LogP contribution in [0.5, 0.6) is 5.75 Å². The van der Waals surface area contributed by atoms with Gasteiger partial charge in [-0.05, 0) is 75.8 Å². The summed E-state index contributed by atoms with van der Waals surface area (Å²) in [6.07, 6.45) is 8.63. The molecule has 1 aromatic carbocycles. The quantitative estimate of drug-likeness (QED) is 0.118. The normalized spacial score (nSPS) is 13.5. The molecular formula is C35H38F2N8O3. The Kier molecular flexibility index (Phi) is 11.4. The summed E-state index contributed by atoms with van der Waals surface area (Å²) in [7, 11) is 1.43. The van der Waals surface area contributed by atoms with Crippen LogP contribution in [-0.4, -0.2) is 58.4 Å². The number of pyridine rings is 2. The lowest BCUT2D eigenvalue weighted by molar-refractivity contribution is -0.119. The van der Waals surface area contributed by atoms with Gasteiger partial charge < -0.3 is 25.4 Å². The van der Waals surface area contributed by atoms with Gasteiger partial charge >= 0.3 is 0 Å². The van der Waals surface area contributed by atoms with Crippen LogP contribution < -0.4 is 20.7 Å². The van der Waals surface area contributed by atoms with Crippen molar-refractivity contribution in [2.24, 2.45) is 10.9 Å². The molecule has 3 N–H and O–H groups in total. The fourth-order valence-corrected chi connectivity index (χ4v) is 5.03. The molecule has 1 aliphatic rings. The lowest BCUT2D eigenvalue weighted by Gasteiger charge is -2.19. The van der Waals surface area contributed by atoms with E-state index in [0.717, 1.165) is 24.0 Å². The van der Waals surface area contributed by atoms with Crippen LogP contribution in [0, 0.1) is 17.6 Å². The minimum atomic E-state index is -0.697. The van der Waals surface area contributed by atoms with E-state index in [2.05, 4.69) is 32.8 Å². The number of anilines is 5. The molecule has 0 radical (unpaired) electrons. The predicted octanol–water partition coefficient (Wildman–Crippen LogP) is 6.79. The van der Waals surface area contributed by atoms with E-state index in [4.69, 9.17) is 24.4 Å². The van der Waals surface area contributed by atoms with Crippen LogP contribution >= 0.6 is 0 Å². The number of ether oxygens (including phenoxy) is 2. The number of aliphatic imine (C=N–C) groups is 1. The van der Waals surface area contributed by atoms with Crippen LogP contribution in [0.4, 0.5) is 37.5 Å². The van der Waals surface area contributed by atoms with Gasteiger partial charge in [0.1, 0.15) is 35.4 Å². The smallest absolute Gasteiger partial charge is 0.250 e. The van der Waals surface area contributed by atoms with Gasteiger partial charge in [0.25, 0.3) is 5.91 Å². The highest BCUT2D eigenvalue weighted by atomic mass is 19.1. The molecule has 0 bridgehead atoms. The zero-order valence-electron chi connectivity index (χ0n) is 27.3. The molecule has 1 saturated carbocycles. The summed E-state index contributed by atoms with van der Waals surface area (Å²) in [6, 6.07) is 9.41. The SMILES string of the molecule is CCOc1cc(F)c(CCN=C(/C(C)=C(\C)C2CC2)c2nc(Nc3ccncc3)c(NC(=O)COC)c(Nc3ccncc3)n2)c(F)c1. The molecule has 3 heterocycles. The fourth-order valence-electron chi connectivity index (χ4n) is 5.03. The van der Waals surface area contributed by atoms with Crippen LogP contribution in [0.15, 0.2) is 77.3 Å². The third-order valence-electron chi connectivity index (χ3n) is 7.74. The largest absolute Gasteiger partial charge is 0.494 e. The average molecular weight is 657 g/mol. The highest BCUT2D eigenvalue weighted by Gasteiger charge is 2.28. The maximum absolute atomic E-state index is 14.9. The van der Waals surface area contributed by atoms with E-state index in [1.165, 1.54) is 19.2 Å². The Morgan fingerprint density at radius 1 is 0.938 bits per heavy atom. The molecule has 1 aliphatic carbocycles. The first-order valence-electron chi connectivity index (χ1n) is 15.7. The molecule has 0 spiro atoms. The minimum Gasteiger partial charge on any atom is -0.494 e. The number of halogens is 2. The number of hydrogen-bond donors (Lipinski definition) is 3. The number of carbonyl (C=O) groups is 1. The first-order valence-corrected chi connectivity index (χ1v) is 15.7. The molecule has 250 valence electrons. The number of allylic oxidation sites excluding steroid dienone is 2. The first-order chi connectivity index (χ1) is 23.3. The standard InChI is InChI=1S/C35H38F2N8O3/c1-5-48-26-18-28(36)27(29(37)19-26)12-17-40-31(22(3)21(2)23-6-7-23)33-44-34(41-24-8-13-38-14-9-24)32(43-30(46)20-47-4)35(45-33)42-25-10-15-39-16-11-25/h8-11,13-16,18-19,23H,5-7,12,17,20H2,1-4H3,(H,43,46)(H2,38,39,41,42,44,45)/b22-21+,40-31?.